The molecule has 5 fully saturated rings. The van der Waals surface area contributed by atoms with Crippen molar-refractivity contribution in [1.29, 1.82) is 0 Å². The first-order valence-electron chi connectivity index (χ1n) is 10.2. The Bertz CT molecular complexity index is 493. The fourth-order valence-electron chi connectivity index (χ4n) is 6.38. The molecule has 4 saturated carbocycles. The molecule has 140 valence electrons. The van der Waals surface area contributed by atoms with Gasteiger partial charge in [0.05, 0.1) is 0 Å². The highest BCUT2D eigenvalue weighted by molar-refractivity contribution is 6.17. The van der Waals surface area contributed by atoms with E-state index in [1.54, 1.807) is 0 Å². The summed E-state index contributed by atoms with van der Waals surface area (Å²) in [6.45, 7) is 1.54. The van der Waals surface area contributed by atoms with E-state index in [0.717, 1.165) is 69.4 Å². The molecular formula is C20H31ClN2O2. The van der Waals surface area contributed by atoms with Crippen LogP contribution in [0.1, 0.15) is 64.2 Å². The molecule has 0 aromatic heterocycles. The molecule has 2 amide bonds. The molecule has 4 nitrogen and oxygen atoms in total. The van der Waals surface area contributed by atoms with Crippen molar-refractivity contribution in [2.24, 2.45) is 23.2 Å². The van der Waals surface area contributed by atoms with Gasteiger partial charge in [-0.3, -0.25) is 9.59 Å². The molecule has 0 aromatic rings. The molecule has 0 radical (unpaired) electrons. The number of carbonyl (C=O) groups excluding carboxylic acids is 2. The van der Waals surface area contributed by atoms with Gasteiger partial charge >= 0.3 is 0 Å². The molecule has 4 aliphatic carbocycles. The van der Waals surface area contributed by atoms with E-state index in [9.17, 15) is 9.59 Å². The maximum atomic E-state index is 13.1. The monoisotopic (exact) mass is 366 g/mol. The van der Waals surface area contributed by atoms with Gasteiger partial charge in [-0.05, 0) is 75.5 Å². The summed E-state index contributed by atoms with van der Waals surface area (Å²) in [5.74, 6) is 3.50. The molecule has 1 heterocycles. The van der Waals surface area contributed by atoms with Crippen LogP contribution < -0.4 is 5.32 Å². The summed E-state index contributed by atoms with van der Waals surface area (Å²) in [4.78, 5) is 27.2. The first-order chi connectivity index (χ1) is 12.1. The van der Waals surface area contributed by atoms with Gasteiger partial charge in [-0.25, -0.2) is 0 Å². The van der Waals surface area contributed by atoms with Crippen LogP contribution in [-0.4, -0.2) is 41.7 Å². The lowest BCUT2D eigenvalue weighted by Crippen LogP contribution is -2.56. The second-order valence-electron chi connectivity index (χ2n) is 9.12. The van der Waals surface area contributed by atoms with Crippen LogP contribution in [0.5, 0.6) is 0 Å². The Morgan fingerprint density at radius 1 is 1.00 bits per heavy atom. The Balaban J connectivity index is 1.29. The molecule has 25 heavy (non-hydrogen) atoms. The van der Waals surface area contributed by atoms with Crippen molar-refractivity contribution in [3.05, 3.63) is 0 Å². The second-order valence-corrected chi connectivity index (χ2v) is 9.50. The van der Waals surface area contributed by atoms with Crippen LogP contribution in [0.25, 0.3) is 0 Å². The van der Waals surface area contributed by atoms with Crippen molar-refractivity contribution in [1.82, 2.24) is 10.2 Å². The smallest absolute Gasteiger partial charge is 0.226 e. The molecule has 0 unspecified atom stereocenters. The van der Waals surface area contributed by atoms with E-state index in [1.165, 1.54) is 19.3 Å². The number of amides is 2. The van der Waals surface area contributed by atoms with Gasteiger partial charge in [0.1, 0.15) is 0 Å². The lowest BCUT2D eigenvalue weighted by Gasteiger charge is -2.56. The van der Waals surface area contributed by atoms with Crippen molar-refractivity contribution in [3.8, 4) is 0 Å². The minimum absolute atomic E-state index is 0.0535. The maximum Gasteiger partial charge on any atom is 0.226 e. The van der Waals surface area contributed by atoms with Gasteiger partial charge < -0.3 is 10.2 Å². The van der Waals surface area contributed by atoms with Crippen LogP contribution in [-0.2, 0) is 9.59 Å². The molecular weight excluding hydrogens is 336 g/mol. The fourth-order valence-corrected chi connectivity index (χ4v) is 6.51. The van der Waals surface area contributed by atoms with E-state index in [2.05, 4.69) is 5.32 Å². The number of piperidine rings is 1. The predicted octanol–water partition coefficient (Wildman–Crippen LogP) is 3.33. The number of likely N-dealkylation sites (tertiary alicyclic amines) is 1. The van der Waals surface area contributed by atoms with Crippen molar-refractivity contribution in [2.75, 3.05) is 19.0 Å². The van der Waals surface area contributed by atoms with Crippen LogP contribution in [0.15, 0.2) is 0 Å². The highest BCUT2D eigenvalue weighted by Crippen LogP contribution is 2.60. The van der Waals surface area contributed by atoms with E-state index in [1.807, 2.05) is 4.90 Å². The van der Waals surface area contributed by atoms with Crippen molar-refractivity contribution >= 4 is 23.4 Å². The van der Waals surface area contributed by atoms with Crippen LogP contribution in [0, 0.1) is 23.2 Å². The Hall–Kier alpha value is -0.770. The van der Waals surface area contributed by atoms with Crippen molar-refractivity contribution in [2.45, 2.75) is 70.3 Å². The van der Waals surface area contributed by atoms with Gasteiger partial charge in [-0.15, -0.1) is 11.6 Å². The number of alkyl halides is 1. The Morgan fingerprint density at radius 3 is 2.08 bits per heavy atom. The first kappa shape index (κ1) is 17.6. The van der Waals surface area contributed by atoms with Crippen LogP contribution in [0.3, 0.4) is 0 Å². The molecule has 5 aliphatic rings. The molecule has 5 rings (SSSR count). The van der Waals surface area contributed by atoms with Gasteiger partial charge in [-0.2, -0.15) is 0 Å². The molecule has 5 heteroatoms. The predicted molar refractivity (Wildman–Crippen MR) is 98.3 cm³/mol. The molecule has 1 N–H and O–H groups in total. The van der Waals surface area contributed by atoms with Gasteiger partial charge in [0, 0.05) is 36.8 Å². The fraction of sp³-hybridized carbons (Fsp3) is 0.900. The molecule has 0 aromatic carbocycles. The third-order valence-corrected chi connectivity index (χ3v) is 7.49. The highest BCUT2D eigenvalue weighted by atomic mass is 35.5. The number of nitrogens with zero attached hydrogens (tertiary/aromatic N) is 1. The summed E-state index contributed by atoms with van der Waals surface area (Å²) in [5, 5.41) is 3.38. The molecule has 1 aliphatic heterocycles. The highest BCUT2D eigenvalue weighted by Gasteiger charge is 2.54. The maximum absolute atomic E-state index is 13.1. The minimum Gasteiger partial charge on any atom is -0.353 e. The Kier molecular flexibility index (Phi) is 5.00. The largest absolute Gasteiger partial charge is 0.353 e. The first-order valence-corrected chi connectivity index (χ1v) is 10.8. The number of hydrogen-bond acceptors (Lipinski definition) is 2. The zero-order valence-corrected chi connectivity index (χ0v) is 15.9. The summed E-state index contributed by atoms with van der Waals surface area (Å²) >= 11 is 5.68. The number of halogens is 1. The van der Waals surface area contributed by atoms with Crippen molar-refractivity contribution < 1.29 is 9.59 Å². The van der Waals surface area contributed by atoms with Gasteiger partial charge in [0.15, 0.2) is 0 Å². The van der Waals surface area contributed by atoms with E-state index in [-0.39, 0.29) is 17.4 Å². The number of rotatable bonds is 5. The summed E-state index contributed by atoms with van der Waals surface area (Å²) in [6, 6.07) is 0.248. The molecule has 1 saturated heterocycles. The lowest BCUT2D eigenvalue weighted by molar-refractivity contribution is -0.147. The summed E-state index contributed by atoms with van der Waals surface area (Å²) in [6.07, 6.45) is 10.6. The Labute approximate surface area is 156 Å². The molecule has 0 spiro atoms. The van der Waals surface area contributed by atoms with E-state index in [0.29, 0.717) is 18.2 Å². The quantitative estimate of drug-likeness (QED) is 0.759. The molecule has 0 atom stereocenters. The third-order valence-electron chi connectivity index (χ3n) is 7.23. The minimum atomic E-state index is -0.0535. The zero-order valence-electron chi connectivity index (χ0n) is 15.1. The van der Waals surface area contributed by atoms with Gasteiger partial charge in [0.25, 0.3) is 0 Å². The number of nitrogens with one attached hydrogen (secondary N) is 1. The lowest BCUT2D eigenvalue weighted by atomic mass is 9.49. The van der Waals surface area contributed by atoms with Crippen LogP contribution in [0.2, 0.25) is 0 Å². The topological polar surface area (TPSA) is 49.4 Å². The zero-order chi connectivity index (χ0) is 17.4. The number of hydrogen-bond donors (Lipinski definition) is 1. The number of carbonyl (C=O) groups is 2. The van der Waals surface area contributed by atoms with E-state index < -0.39 is 0 Å². The van der Waals surface area contributed by atoms with Crippen LogP contribution in [0.4, 0.5) is 0 Å². The summed E-state index contributed by atoms with van der Waals surface area (Å²) in [5.41, 5.74) is -0.0535. The Morgan fingerprint density at radius 2 is 1.56 bits per heavy atom. The summed E-state index contributed by atoms with van der Waals surface area (Å²) < 4.78 is 0. The standard InChI is InChI=1S/C20H31ClN2O2/c21-5-1-2-18(24)23-6-3-17(4-7-23)22-19(25)20-11-14-8-15(12-20)10-16(9-14)13-20/h14-17H,1-13H2,(H,22,25). The second kappa shape index (κ2) is 7.09. The van der Waals surface area contributed by atoms with Crippen molar-refractivity contribution in [3.63, 3.8) is 0 Å². The summed E-state index contributed by atoms with van der Waals surface area (Å²) in [7, 11) is 0. The normalized spacial score (nSPS) is 37.3. The SMILES string of the molecule is O=C(CCCCl)N1CCC(NC(=O)C23CC4CC(CC(C4)C2)C3)CC1. The average molecular weight is 367 g/mol. The third kappa shape index (κ3) is 3.56. The van der Waals surface area contributed by atoms with Crippen LogP contribution >= 0.6 is 11.6 Å². The average Bonchev–Trinajstić information content (AvgIpc) is 2.59. The van der Waals surface area contributed by atoms with E-state index in [4.69, 9.17) is 11.6 Å². The van der Waals surface area contributed by atoms with Gasteiger partial charge in [0.2, 0.25) is 11.8 Å². The van der Waals surface area contributed by atoms with E-state index >= 15 is 0 Å². The molecule has 4 bridgehead atoms. The van der Waals surface area contributed by atoms with Gasteiger partial charge in [-0.1, -0.05) is 0 Å².